The SMILES string of the molecule is COc1ccc(Br)c(CC(N)c2ccc(C)c(OC)c2)c1. The molecule has 1 atom stereocenters. The molecular formula is C17H20BrNO2. The highest BCUT2D eigenvalue weighted by Crippen LogP contribution is 2.28. The zero-order valence-corrected chi connectivity index (χ0v) is 14.1. The van der Waals surface area contributed by atoms with Crippen molar-refractivity contribution < 1.29 is 9.47 Å². The van der Waals surface area contributed by atoms with Crippen LogP contribution in [0, 0.1) is 6.92 Å². The summed E-state index contributed by atoms with van der Waals surface area (Å²) in [5, 5.41) is 0. The summed E-state index contributed by atoms with van der Waals surface area (Å²) in [6, 6.07) is 11.9. The van der Waals surface area contributed by atoms with Crippen molar-refractivity contribution in [3.63, 3.8) is 0 Å². The fourth-order valence-corrected chi connectivity index (χ4v) is 2.67. The van der Waals surface area contributed by atoms with Gasteiger partial charge in [-0.2, -0.15) is 0 Å². The Morgan fingerprint density at radius 3 is 2.52 bits per heavy atom. The Bertz CT molecular complexity index is 628. The molecule has 4 heteroatoms. The standard InChI is InChI=1S/C17H20BrNO2/c1-11-4-5-12(10-17(11)21-3)16(19)9-13-8-14(20-2)6-7-15(13)18/h4-8,10,16H,9,19H2,1-3H3. The van der Waals surface area contributed by atoms with Gasteiger partial charge in [0.1, 0.15) is 11.5 Å². The first kappa shape index (κ1) is 15.9. The maximum absolute atomic E-state index is 6.34. The van der Waals surface area contributed by atoms with Crippen LogP contribution in [-0.4, -0.2) is 14.2 Å². The molecule has 2 rings (SSSR count). The Balaban J connectivity index is 2.23. The molecule has 3 nitrogen and oxygen atoms in total. The number of hydrogen-bond acceptors (Lipinski definition) is 3. The number of halogens is 1. The molecule has 2 N–H and O–H groups in total. The molecule has 0 bridgehead atoms. The molecule has 0 spiro atoms. The number of aryl methyl sites for hydroxylation is 1. The van der Waals surface area contributed by atoms with Gasteiger partial charge in [-0.05, 0) is 54.3 Å². The molecule has 0 radical (unpaired) electrons. The average molecular weight is 350 g/mol. The minimum absolute atomic E-state index is 0.0945. The normalized spacial score (nSPS) is 12.0. The van der Waals surface area contributed by atoms with Crippen LogP contribution in [0.3, 0.4) is 0 Å². The zero-order valence-electron chi connectivity index (χ0n) is 12.5. The molecule has 0 amide bonds. The van der Waals surface area contributed by atoms with Crippen molar-refractivity contribution in [1.29, 1.82) is 0 Å². The van der Waals surface area contributed by atoms with Gasteiger partial charge in [-0.1, -0.05) is 28.1 Å². The van der Waals surface area contributed by atoms with Crippen LogP contribution in [0.2, 0.25) is 0 Å². The third kappa shape index (κ3) is 3.77. The van der Waals surface area contributed by atoms with Crippen molar-refractivity contribution in [3.8, 4) is 11.5 Å². The molecule has 1 unspecified atom stereocenters. The topological polar surface area (TPSA) is 44.5 Å². The van der Waals surface area contributed by atoms with Gasteiger partial charge in [0.05, 0.1) is 14.2 Å². The summed E-state index contributed by atoms with van der Waals surface area (Å²) in [7, 11) is 3.34. The van der Waals surface area contributed by atoms with Crippen molar-refractivity contribution in [3.05, 3.63) is 57.6 Å². The van der Waals surface area contributed by atoms with Crippen molar-refractivity contribution in [2.75, 3.05) is 14.2 Å². The molecule has 0 aromatic heterocycles. The first-order chi connectivity index (χ1) is 10.0. The van der Waals surface area contributed by atoms with Gasteiger partial charge in [0.25, 0.3) is 0 Å². The van der Waals surface area contributed by atoms with Crippen LogP contribution in [0.4, 0.5) is 0 Å². The summed E-state index contributed by atoms with van der Waals surface area (Å²) in [6.45, 7) is 2.02. The monoisotopic (exact) mass is 349 g/mol. The zero-order chi connectivity index (χ0) is 15.4. The largest absolute Gasteiger partial charge is 0.497 e. The van der Waals surface area contributed by atoms with Crippen LogP contribution in [0.5, 0.6) is 11.5 Å². The van der Waals surface area contributed by atoms with Gasteiger partial charge >= 0.3 is 0 Å². The summed E-state index contributed by atoms with van der Waals surface area (Å²) in [5.41, 5.74) is 9.64. The van der Waals surface area contributed by atoms with Gasteiger partial charge in [-0.15, -0.1) is 0 Å². The molecule has 0 saturated carbocycles. The number of ether oxygens (including phenoxy) is 2. The van der Waals surface area contributed by atoms with E-state index in [1.165, 1.54) is 0 Å². The van der Waals surface area contributed by atoms with Crippen LogP contribution in [-0.2, 0) is 6.42 Å². The molecule has 0 aliphatic carbocycles. The highest BCUT2D eigenvalue weighted by molar-refractivity contribution is 9.10. The van der Waals surface area contributed by atoms with Crippen molar-refractivity contribution in [2.45, 2.75) is 19.4 Å². The maximum Gasteiger partial charge on any atom is 0.122 e. The summed E-state index contributed by atoms with van der Waals surface area (Å²) in [4.78, 5) is 0. The van der Waals surface area contributed by atoms with Crippen molar-refractivity contribution >= 4 is 15.9 Å². The predicted molar refractivity (Wildman–Crippen MR) is 89.1 cm³/mol. The lowest BCUT2D eigenvalue weighted by Gasteiger charge is -2.16. The Hall–Kier alpha value is -1.52. The predicted octanol–water partition coefficient (Wildman–Crippen LogP) is 4.02. The molecule has 112 valence electrons. The highest BCUT2D eigenvalue weighted by atomic mass is 79.9. The second-order valence-electron chi connectivity index (χ2n) is 5.00. The van der Waals surface area contributed by atoms with Gasteiger partial charge in [0.2, 0.25) is 0 Å². The quantitative estimate of drug-likeness (QED) is 0.886. The third-order valence-corrected chi connectivity index (χ3v) is 4.33. The average Bonchev–Trinajstić information content (AvgIpc) is 2.49. The van der Waals surface area contributed by atoms with E-state index in [0.717, 1.165) is 39.1 Å². The van der Waals surface area contributed by atoms with Crippen molar-refractivity contribution in [1.82, 2.24) is 0 Å². The summed E-state index contributed by atoms with van der Waals surface area (Å²) >= 11 is 3.56. The van der Waals surface area contributed by atoms with E-state index in [9.17, 15) is 0 Å². The highest BCUT2D eigenvalue weighted by Gasteiger charge is 2.12. The minimum atomic E-state index is -0.0945. The van der Waals surface area contributed by atoms with Gasteiger partial charge in [-0.3, -0.25) is 0 Å². The van der Waals surface area contributed by atoms with Crippen LogP contribution in [0.1, 0.15) is 22.7 Å². The fourth-order valence-electron chi connectivity index (χ4n) is 2.26. The van der Waals surface area contributed by atoms with E-state index >= 15 is 0 Å². The van der Waals surface area contributed by atoms with Gasteiger partial charge in [0.15, 0.2) is 0 Å². The lowest BCUT2D eigenvalue weighted by Crippen LogP contribution is -2.14. The third-order valence-electron chi connectivity index (χ3n) is 3.55. The maximum atomic E-state index is 6.34. The van der Waals surface area contributed by atoms with Gasteiger partial charge in [0, 0.05) is 10.5 Å². The fraction of sp³-hybridized carbons (Fsp3) is 0.294. The summed E-state index contributed by atoms with van der Waals surface area (Å²) in [5.74, 6) is 1.70. The van der Waals surface area contributed by atoms with E-state index in [-0.39, 0.29) is 6.04 Å². The van der Waals surface area contributed by atoms with E-state index < -0.39 is 0 Å². The molecule has 21 heavy (non-hydrogen) atoms. The molecule has 0 aliphatic heterocycles. The van der Waals surface area contributed by atoms with Crippen LogP contribution in [0.15, 0.2) is 40.9 Å². The smallest absolute Gasteiger partial charge is 0.122 e. The van der Waals surface area contributed by atoms with Gasteiger partial charge in [-0.25, -0.2) is 0 Å². The first-order valence-corrected chi connectivity index (χ1v) is 7.57. The number of rotatable bonds is 5. The Morgan fingerprint density at radius 1 is 1.10 bits per heavy atom. The van der Waals surface area contributed by atoms with E-state index in [1.54, 1.807) is 14.2 Å². The van der Waals surface area contributed by atoms with E-state index in [0.29, 0.717) is 0 Å². The van der Waals surface area contributed by atoms with E-state index in [4.69, 9.17) is 15.2 Å². The van der Waals surface area contributed by atoms with E-state index in [1.807, 2.05) is 37.3 Å². The van der Waals surface area contributed by atoms with Crippen LogP contribution < -0.4 is 15.2 Å². The molecular weight excluding hydrogens is 330 g/mol. The lowest BCUT2D eigenvalue weighted by molar-refractivity contribution is 0.410. The molecule has 0 heterocycles. The number of benzene rings is 2. The molecule has 0 aliphatic rings. The number of methoxy groups -OCH3 is 2. The second-order valence-corrected chi connectivity index (χ2v) is 5.85. The first-order valence-electron chi connectivity index (χ1n) is 6.77. The van der Waals surface area contributed by atoms with Crippen LogP contribution in [0.25, 0.3) is 0 Å². The molecule has 0 fully saturated rings. The minimum Gasteiger partial charge on any atom is -0.497 e. The Kier molecular flexibility index (Phi) is 5.26. The van der Waals surface area contributed by atoms with Gasteiger partial charge < -0.3 is 15.2 Å². The van der Waals surface area contributed by atoms with E-state index in [2.05, 4.69) is 22.0 Å². The molecule has 2 aromatic rings. The van der Waals surface area contributed by atoms with Crippen molar-refractivity contribution in [2.24, 2.45) is 5.73 Å². The number of nitrogens with two attached hydrogens (primary N) is 1. The molecule has 2 aromatic carbocycles. The number of hydrogen-bond donors (Lipinski definition) is 1. The lowest BCUT2D eigenvalue weighted by atomic mass is 9.98. The summed E-state index contributed by atoms with van der Waals surface area (Å²) < 4.78 is 11.7. The summed E-state index contributed by atoms with van der Waals surface area (Å²) in [6.07, 6.45) is 0.726. The molecule has 0 saturated heterocycles. The Labute approximate surface area is 134 Å². The Morgan fingerprint density at radius 2 is 1.86 bits per heavy atom. The second kappa shape index (κ2) is 6.96. The van der Waals surface area contributed by atoms with Crippen LogP contribution >= 0.6 is 15.9 Å².